The van der Waals surface area contributed by atoms with E-state index in [9.17, 15) is 9.90 Å². The molecule has 0 fully saturated rings. The van der Waals surface area contributed by atoms with Crippen LogP contribution in [0.4, 0.5) is 0 Å². The van der Waals surface area contributed by atoms with Crippen molar-refractivity contribution in [2.24, 2.45) is 7.05 Å². The third-order valence-corrected chi connectivity index (χ3v) is 6.56. The first-order valence-electron chi connectivity index (χ1n) is 9.14. The molecular weight excluding hydrogens is 408 g/mol. The molecular formula is C21H25N2O6S+. The Hall–Kier alpha value is -3.07. The van der Waals surface area contributed by atoms with Gasteiger partial charge in [-0.3, -0.25) is 9.36 Å². The summed E-state index contributed by atoms with van der Waals surface area (Å²) in [6.07, 6.45) is 3.51. The van der Waals surface area contributed by atoms with Crippen molar-refractivity contribution in [3.8, 4) is 28.7 Å². The molecule has 0 saturated carbocycles. The van der Waals surface area contributed by atoms with Gasteiger partial charge in [-0.05, 0) is 12.1 Å². The first-order valence-corrected chi connectivity index (χ1v) is 10.9. The van der Waals surface area contributed by atoms with Crippen LogP contribution in [0.1, 0.15) is 0 Å². The standard InChI is InChI=1S/C21H24N2O6S/c1-23-20-14(7-6-8-22-20)17(24)19(21(23)25)30(5)10-9-29-13-11-15(26-2)18(28-4)16(12-13)27-3/h6-8,11-12H,9-10H2,1-5H3/p+1. The van der Waals surface area contributed by atoms with Crippen LogP contribution in [-0.2, 0) is 17.9 Å². The first kappa shape index (κ1) is 21.6. The highest BCUT2D eigenvalue weighted by Crippen LogP contribution is 2.40. The fourth-order valence-corrected chi connectivity index (χ4v) is 4.57. The normalized spacial score (nSPS) is 11.9. The van der Waals surface area contributed by atoms with Crippen LogP contribution in [0.3, 0.4) is 0 Å². The minimum Gasteiger partial charge on any atom is -0.503 e. The number of hydrogen-bond acceptors (Lipinski definition) is 7. The molecule has 0 aliphatic heterocycles. The summed E-state index contributed by atoms with van der Waals surface area (Å²) in [5, 5.41) is 11.3. The van der Waals surface area contributed by atoms with E-state index in [1.807, 2.05) is 6.26 Å². The zero-order valence-corrected chi connectivity index (χ0v) is 18.4. The minimum atomic E-state index is -0.540. The van der Waals surface area contributed by atoms with E-state index < -0.39 is 10.9 Å². The van der Waals surface area contributed by atoms with Gasteiger partial charge in [-0.2, -0.15) is 0 Å². The summed E-state index contributed by atoms with van der Waals surface area (Å²) in [4.78, 5) is 17.4. The topological polar surface area (TPSA) is 92.0 Å². The Morgan fingerprint density at radius 2 is 1.80 bits per heavy atom. The van der Waals surface area contributed by atoms with Crippen LogP contribution in [0.5, 0.6) is 28.7 Å². The number of fused-ring (bicyclic) bond motifs is 1. The monoisotopic (exact) mass is 433 g/mol. The van der Waals surface area contributed by atoms with Crippen molar-refractivity contribution in [2.45, 2.75) is 4.90 Å². The van der Waals surface area contributed by atoms with Crippen LogP contribution < -0.4 is 24.5 Å². The molecule has 0 aliphatic rings. The highest BCUT2D eigenvalue weighted by Gasteiger charge is 2.28. The van der Waals surface area contributed by atoms with Gasteiger partial charge in [0.25, 0.3) is 4.90 Å². The molecule has 2 heterocycles. The van der Waals surface area contributed by atoms with Crippen LogP contribution in [0.25, 0.3) is 11.0 Å². The SMILES string of the molecule is COc1cc(OCC[S+](C)c2c(O)c3cccnc3n(C)c2=O)cc(OC)c1OC. The maximum atomic E-state index is 12.8. The number of benzene rings is 1. The highest BCUT2D eigenvalue weighted by molar-refractivity contribution is 7.96. The second-order valence-corrected chi connectivity index (χ2v) is 8.56. The lowest BCUT2D eigenvalue weighted by Gasteiger charge is -2.14. The summed E-state index contributed by atoms with van der Waals surface area (Å²) in [6.45, 7) is 0.339. The molecule has 0 bridgehead atoms. The molecule has 9 heteroatoms. The Morgan fingerprint density at radius 3 is 2.40 bits per heavy atom. The van der Waals surface area contributed by atoms with Gasteiger partial charge < -0.3 is 24.1 Å². The van der Waals surface area contributed by atoms with E-state index in [0.29, 0.717) is 51.3 Å². The van der Waals surface area contributed by atoms with Crippen LogP contribution in [0, 0.1) is 0 Å². The van der Waals surface area contributed by atoms with Gasteiger partial charge in [0.2, 0.25) is 5.75 Å². The number of aryl methyl sites for hydroxylation is 1. The van der Waals surface area contributed by atoms with Crippen molar-refractivity contribution in [1.29, 1.82) is 0 Å². The van der Waals surface area contributed by atoms with Crippen molar-refractivity contribution in [3.63, 3.8) is 0 Å². The van der Waals surface area contributed by atoms with Crippen molar-refractivity contribution < 1.29 is 24.1 Å². The van der Waals surface area contributed by atoms with E-state index in [4.69, 9.17) is 18.9 Å². The predicted octanol–water partition coefficient (Wildman–Crippen LogP) is 2.35. The third kappa shape index (κ3) is 3.97. The number of aromatic hydroxyl groups is 1. The minimum absolute atomic E-state index is 0.0141. The molecule has 3 rings (SSSR count). The second kappa shape index (κ2) is 9.17. The number of aromatic nitrogens is 2. The number of methoxy groups -OCH3 is 3. The van der Waals surface area contributed by atoms with E-state index in [0.717, 1.165) is 0 Å². The van der Waals surface area contributed by atoms with E-state index >= 15 is 0 Å². The largest absolute Gasteiger partial charge is 0.503 e. The molecule has 1 unspecified atom stereocenters. The Bertz CT molecular complexity index is 1090. The quantitative estimate of drug-likeness (QED) is 0.545. The van der Waals surface area contributed by atoms with Crippen LogP contribution >= 0.6 is 0 Å². The van der Waals surface area contributed by atoms with E-state index in [2.05, 4.69) is 4.98 Å². The van der Waals surface area contributed by atoms with E-state index in [1.54, 1.807) is 37.5 Å². The van der Waals surface area contributed by atoms with Gasteiger partial charge >= 0.3 is 5.56 Å². The smallest absolute Gasteiger partial charge is 0.311 e. The number of pyridine rings is 2. The van der Waals surface area contributed by atoms with Gasteiger partial charge in [0, 0.05) is 36.3 Å². The summed E-state index contributed by atoms with van der Waals surface area (Å²) in [5.74, 6) is 2.57. The molecule has 2 aromatic heterocycles. The van der Waals surface area contributed by atoms with Gasteiger partial charge in [-0.15, -0.1) is 0 Å². The summed E-state index contributed by atoms with van der Waals surface area (Å²) in [6, 6.07) is 6.92. The molecule has 0 aliphatic carbocycles. The maximum Gasteiger partial charge on any atom is 0.311 e. The van der Waals surface area contributed by atoms with Gasteiger partial charge in [-0.1, -0.05) is 0 Å². The van der Waals surface area contributed by atoms with E-state index in [1.165, 1.54) is 25.9 Å². The molecule has 0 spiro atoms. The van der Waals surface area contributed by atoms with E-state index in [-0.39, 0.29) is 11.3 Å². The zero-order chi connectivity index (χ0) is 21.8. The van der Waals surface area contributed by atoms with Crippen molar-refractivity contribution in [3.05, 3.63) is 40.8 Å². The lowest BCUT2D eigenvalue weighted by atomic mass is 10.2. The van der Waals surface area contributed by atoms with Crippen LogP contribution in [0.15, 0.2) is 40.2 Å². The molecule has 8 nitrogen and oxygen atoms in total. The third-order valence-electron chi connectivity index (χ3n) is 4.72. The molecule has 160 valence electrons. The van der Waals surface area contributed by atoms with Crippen LogP contribution in [0.2, 0.25) is 0 Å². The average molecular weight is 434 g/mol. The van der Waals surface area contributed by atoms with Crippen molar-refractivity contribution in [2.75, 3.05) is 39.9 Å². The highest BCUT2D eigenvalue weighted by atomic mass is 32.2. The van der Waals surface area contributed by atoms with Crippen molar-refractivity contribution >= 4 is 21.9 Å². The molecule has 0 radical (unpaired) electrons. The Balaban J connectivity index is 1.80. The van der Waals surface area contributed by atoms with Crippen LogP contribution in [-0.4, -0.2) is 54.6 Å². The lowest BCUT2D eigenvalue weighted by Crippen LogP contribution is -2.27. The number of nitrogens with zero attached hydrogens (tertiary/aromatic N) is 2. The molecule has 0 saturated heterocycles. The molecule has 1 N–H and O–H groups in total. The molecule has 3 aromatic rings. The molecule has 1 atom stereocenters. The second-order valence-electron chi connectivity index (χ2n) is 6.47. The summed E-state index contributed by atoms with van der Waals surface area (Å²) < 4.78 is 23.3. The average Bonchev–Trinajstić information content (AvgIpc) is 2.76. The Morgan fingerprint density at radius 1 is 1.13 bits per heavy atom. The summed E-state index contributed by atoms with van der Waals surface area (Å²) in [7, 11) is 5.73. The van der Waals surface area contributed by atoms with Gasteiger partial charge in [-0.25, -0.2) is 4.98 Å². The number of hydrogen-bond donors (Lipinski definition) is 1. The number of ether oxygens (including phenoxy) is 4. The Kier molecular flexibility index (Phi) is 6.61. The van der Waals surface area contributed by atoms with Crippen molar-refractivity contribution in [1.82, 2.24) is 9.55 Å². The fourth-order valence-electron chi connectivity index (χ4n) is 3.16. The van der Waals surface area contributed by atoms with Gasteiger partial charge in [0.05, 0.1) is 26.7 Å². The van der Waals surface area contributed by atoms with Gasteiger partial charge in [0.15, 0.2) is 17.2 Å². The molecule has 30 heavy (non-hydrogen) atoms. The molecule has 1 aromatic carbocycles. The Labute approximate surface area is 177 Å². The number of rotatable bonds is 8. The van der Waals surface area contributed by atoms with Gasteiger partial charge in [0.1, 0.15) is 30.0 Å². The lowest BCUT2D eigenvalue weighted by molar-refractivity contribution is 0.309. The summed E-state index contributed by atoms with van der Waals surface area (Å²) >= 11 is 0. The zero-order valence-electron chi connectivity index (χ0n) is 17.6. The molecule has 0 amide bonds. The summed E-state index contributed by atoms with van der Waals surface area (Å²) in [5.41, 5.74) is 0.201. The first-order chi connectivity index (χ1) is 14.4. The predicted molar refractivity (Wildman–Crippen MR) is 117 cm³/mol. The maximum absolute atomic E-state index is 12.8. The fraction of sp³-hybridized carbons (Fsp3) is 0.333.